The molecule has 6 heteroatoms. The maximum atomic E-state index is 13.2. The van der Waals surface area contributed by atoms with E-state index in [1.165, 1.54) is 51.4 Å². The van der Waals surface area contributed by atoms with Crippen LogP contribution >= 0.6 is 0 Å². The second kappa shape index (κ2) is 9.94. The second-order valence-corrected chi connectivity index (χ2v) is 9.26. The molecule has 31 heavy (non-hydrogen) atoms. The molecule has 1 saturated heterocycles. The Labute approximate surface area is 184 Å². The molecule has 0 bridgehead atoms. The Balaban J connectivity index is 1.64. The van der Waals surface area contributed by atoms with E-state index in [4.69, 9.17) is 0 Å². The molecule has 2 heterocycles. The Hall–Kier alpha value is -2.21. The fourth-order valence-corrected chi connectivity index (χ4v) is 5.78. The standard InChI is InChI=1S/C25H35N3O3/c1-2-18(17-20-13-10-16-27(20)19-11-6-4-3-5-7-12-19)28-22-15-9-8-14-21(22)26-23(24(28)29)25(30)31/h8-9,14-15,18-20H,2-7,10-13,16-17H2,1H3,(H,30,31)/t18-,20+/m1/s1. The number of rotatable bonds is 6. The zero-order valence-electron chi connectivity index (χ0n) is 18.6. The van der Waals surface area contributed by atoms with Crippen molar-refractivity contribution in [3.05, 3.63) is 40.3 Å². The predicted molar refractivity (Wildman–Crippen MR) is 123 cm³/mol. The molecule has 1 aliphatic heterocycles. The summed E-state index contributed by atoms with van der Waals surface area (Å²) in [5.74, 6) is -1.25. The molecule has 0 radical (unpaired) electrons. The van der Waals surface area contributed by atoms with Crippen LogP contribution in [0.2, 0.25) is 0 Å². The van der Waals surface area contributed by atoms with E-state index in [0.29, 0.717) is 17.6 Å². The highest BCUT2D eigenvalue weighted by Crippen LogP contribution is 2.33. The maximum absolute atomic E-state index is 13.2. The van der Waals surface area contributed by atoms with Gasteiger partial charge in [0, 0.05) is 18.1 Å². The molecule has 1 aromatic carbocycles. The van der Waals surface area contributed by atoms with Gasteiger partial charge in [0.2, 0.25) is 5.69 Å². The lowest BCUT2D eigenvalue weighted by Gasteiger charge is -2.36. The minimum absolute atomic E-state index is 0.0299. The molecule has 1 aromatic heterocycles. The topological polar surface area (TPSA) is 75.4 Å². The van der Waals surface area contributed by atoms with Gasteiger partial charge in [0.25, 0.3) is 5.56 Å². The molecule has 168 valence electrons. The number of hydrogen-bond acceptors (Lipinski definition) is 4. The Morgan fingerprint density at radius 3 is 2.52 bits per heavy atom. The van der Waals surface area contributed by atoms with Gasteiger partial charge in [-0.15, -0.1) is 0 Å². The van der Waals surface area contributed by atoms with Gasteiger partial charge in [0.05, 0.1) is 11.0 Å². The average molecular weight is 426 g/mol. The smallest absolute Gasteiger partial charge is 0.360 e. The molecule has 1 saturated carbocycles. The highest BCUT2D eigenvalue weighted by atomic mass is 16.4. The molecule has 6 nitrogen and oxygen atoms in total. The summed E-state index contributed by atoms with van der Waals surface area (Å²) in [6.07, 6.45) is 13.3. The Morgan fingerprint density at radius 1 is 1.10 bits per heavy atom. The van der Waals surface area contributed by atoms with Crippen molar-refractivity contribution in [1.82, 2.24) is 14.5 Å². The predicted octanol–water partition coefficient (Wildman–Crippen LogP) is 5.01. The molecule has 2 aromatic rings. The average Bonchev–Trinajstić information content (AvgIpc) is 3.19. The number of aromatic carboxylic acids is 1. The first-order valence-electron chi connectivity index (χ1n) is 12.1. The van der Waals surface area contributed by atoms with Crippen LogP contribution in [0, 0.1) is 0 Å². The number of carboxylic acid groups (broad SMARTS) is 1. The van der Waals surface area contributed by atoms with Gasteiger partial charge in [-0.1, -0.05) is 51.2 Å². The highest BCUT2D eigenvalue weighted by Gasteiger charge is 2.33. The number of aromatic nitrogens is 2. The van der Waals surface area contributed by atoms with E-state index in [2.05, 4.69) is 16.8 Å². The van der Waals surface area contributed by atoms with Crippen LogP contribution in [0.25, 0.3) is 11.0 Å². The molecule has 4 rings (SSSR count). The molecule has 2 atom stereocenters. The van der Waals surface area contributed by atoms with Gasteiger partial charge in [-0.2, -0.15) is 0 Å². The van der Waals surface area contributed by atoms with Crippen LogP contribution in [0.1, 0.15) is 94.1 Å². The summed E-state index contributed by atoms with van der Waals surface area (Å²) in [7, 11) is 0. The minimum Gasteiger partial charge on any atom is -0.476 e. The van der Waals surface area contributed by atoms with Gasteiger partial charge in [0.1, 0.15) is 0 Å². The number of para-hydroxylation sites is 2. The third-order valence-corrected chi connectivity index (χ3v) is 7.34. The number of nitrogens with zero attached hydrogens (tertiary/aromatic N) is 3. The van der Waals surface area contributed by atoms with Crippen molar-refractivity contribution < 1.29 is 9.90 Å². The number of hydrogen-bond donors (Lipinski definition) is 1. The van der Waals surface area contributed by atoms with E-state index in [1.54, 1.807) is 10.6 Å². The van der Waals surface area contributed by atoms with Crippen LogP contribution in [0.5, 0.6) is 0 Å². The summed E-state index contributed by atoms with van der Waals surface area (Å²) in [5, 5.41) is 9.57. The summed E-state index contributed by atoms with van der Waals surface area (Å²) in [6.45, 7) is 3.25. The zero-order valence-corrected chi connectivity index (χ0v) is 18.6. The first-order chi connectivity index (χ1) is 15.1. The van der Waals surface area contributed by atoms with Crippen LogP contribution in [-0.4, -0.2) is 44.2 Å². The van der Waals surface area contributed by atoms with Gasteiger partial charge in [-0.3, -0.25) is 9.69 Å². The van der Waals surface area contributed by atoms with Crippen molar-refractivity contribution in [3.8, 4) is 0 Å². The molecular formula is C25H35N3O3. The van der Waals surface area contributed by atoms with E-state index in [1.807, 2.05) is 18.2 Å². The Kier molecular flexibility index (Phi) is 7.06. The molecule has 2 fully saturated rings. The fraction of sp³-hybridized carbons (Fsp3) is 0.640. The molecule has 0 amide bonds. The van der Waals surface area contributed by atoms with Gasteiger partial charge in [-0.05, 0) is 57.2 Å². The number of benzene rings is 1. The third-order valence-electron chi connectivity index (χ3n) is 7.34. The second-order valence-electron chi connectivity index (χ2n) is 9.26. The van der Waals surface area contributed by atoms with E-state index in [0.717, 1.165) is 31.3 Å². The number of carbonyl (C=O) groups is 1. The van der Waals surface area contributed by atoms with Crippen molar-refractivity contribution in [2.24, 2.45) is 0 Å². The van der Waals surface area contributed by atoms with E-state index < -0.39 is 11.5 Å². The third kappa shape index (κ3) is 4.69. The maximum Gasteiger partial charge on any atom is 0.360 e. The van der Waals surface area contributed by atoms with Crippen molar-refractivity contribution in [2.75, 3.05) is 6.54 Å². The summed E-state index contributed by atoms with van der Waals surface area (Å²) in [6, 6.07) is 8.50. The zero-order chi connectivity index (χ0) is 21.8. The fourth-order valence-electron chi connectivity index (χ4n) is 5.78. The van der Waals surface area contributed by atoms with Crippen LogP contribution in [-0.2, 0) is 0 Å². The highest BCUT2D eigenvalue weighted by molar-refractivity contribution is 5.88. The largest absolute Gasteiger partial charge is 0.476 e. The van der Waals surface area contributed by atoms with Crippen LogP contribution in [0.15, 0.2) is 29.1 Å². The van der Waals surface area contributed by atoms with Crippen molar-refractivity contribution in [1.29, 1.82) is 0 Å². The molecule has 1 aliphatic carbocycles. The normalized spacial score (nSPS) is 22.3. The monoisotopic (exact) mass is 425 g/mol. The van der Waals surface area contributed by atoms with Gasteiger partial charge < -0.3 is 9.67 Å². The first-order valence-corrected chi connectivity index (χ1v) is 12.1. The Bertz CT molecular complexity index is 962. The summed E-state index contributed by atoms with van der Waals surface area (Å²) >= 11 is 0. The van der Waals surface area contributed by atoms with Crippen LogP contribution in [0.3, 0.4) is 0 Å². The SMILES string of the molecule is CC[C@H](C[C@@H]1CCCN1C1CCCCCCC1)n1c(=O)c(C(=O)O)nc2ccccc21. The number of carboxylic acids is 1. The first kappa shape index (κ1) is 22.0. The van der Waals surface area contributed by atoms with E-state index in [9.17, 15) is 14.7 Å². The van der Waals surface area contributed by atoms with Crippen LogP contribution < -0.4 is 5.56 Å². The lowest BCUT2D eigenvalue weighted by Crippen LogP contribution is -2.41. The van der Waals surface area contributed by atoms with E-state index in [-0.39, 0.29) is 11.7 Å². The summed E-state index contributed by atoms with van der Waals surface area (Å²) < 4.78 is 1.72. The van der Waals surface area contributed by atoms with E-state index >= 15 is 0 Å². The molecule has 2 aliphatic rings. The number of fused-ring (bicyclic) bond motifs is 1. The van der Waals surface area contributed by atoms with Crippen molar-refractivity contribution in [2.45, 2.75) is 95.7 Å². The molecule has 0 spiro atoms. The number of likely N-dealkylation sites (tertiary alicyclic amines) is 1. The Morgan fingerprint density at radius 2 is 1.81 bits per heavy atom. The molecule has 1 N–H and O–H groups in total. The van der Waals surface area contributed by atoms with Gasteiger partial charge in [0.15, 0.2) is 0 Å². The minimum atomic E-state index is -1.25. The lowest BCUT2D eigenvalue weighted by molar-refractivity contribution is 0.0687. The molecular weight excluding hydrogens is 390 g/mol. The van der Waals surface area contributed by atoms with Crippen LogP contribution in [0.4, 0.5) is 0 Å². The van der Waals surface area contributed by atoms with Gasteiger partial charge >= 0.3 is 5.97 Å². The summed E-state index contributed by atoms with van der Waals surface area (Å²) in [5.41, 5.74) is 0.454. The quantitative estimate of drug-likeness (QED) is 0.704. The van der Waals surface area contributed by atoms with Crippen molar-refractivity contribution >= 4 is 17.0 Å². The lowest BCUT2D eigenvalue weighted by atomic mass is 9.94. The molecule has 0 unspecified atom stereocenters. The van der Waals surface area contributed by atoms with Crippen molar-refractivity contribution in [3.63, 3.8) is 0 Å². The summed E-state index contributed by atoms with van der Waals surface area (Å²) in [4.78, 5) is 31.8. The van der Waals surface area contributed by atoms with Gasteiger partial charge in [-0.25, -0.2) is 9.78 Å².